The van der Waals surface area contributed by atoms with Gasteiger partial charge in [-0.3, -0.25) is 4.99 Å². The normalized spacial score (nSPS) is 11.1. The summed E-state index contributed by atoms with van der Waals surface area (Å²) in [7, 11) is 0. The molecule has 0 saturated carbocycles. The third kappa shape index (κ3) is 3.92. The SMILES string of the molecule is CCOC(=O)c1cccc(-n2c(C)cc(C=Nc3ccccc3O)c2C)c1. The molecule has 0 saturated heterocycles. The number of aromatic nitrogens is 1. The van der Waals surface area contributed by atoms with Gasteiger partial charge in [-0.25, -0.2) is 4.79 Å². The summed E-state index contributed by atoms with van der Waals surface area (Å²) in [6.07, 6.45) is 1.74. The van der Waals surface area contributed by atoms with Gasteiger partial charge in [-0.2, -0.15) is 0 Å². The Morgan fingerprint density at radius 2 is 1.93 bits per heavy atom. The summed E-state index contributed by atoms with van der Waals surface area (Å²) in [6.45, 7) is 6.13. The van der Waals surface area contributed by atoms with E-state index < -0.39 is 0 Å². The molecule has 3 aromatic rings. The highest BCUT2D eigenvalue weighted by molar-refractivity contribution is 5.90. The van der Waals surface area contributed by atoms with Crippen LogP contribution in [0.4, 0.5) is 5.69 Å². The number of carbonyl (C=O) groups is 1. The van der Waals surface area contributed by atoms with E-state index in [2.05, 4.69) is 9.56 Å². The summed E-state index contributed by atoms with van der Waals surface area (Å²) in [4.78, 5) is 16.4. The van der Waals surface area contributed by atoms with E-state index in [9.17, 15) is 9.90 Å². The van der Waals surface area contributed by atoms with Crippen LogP contribution in [0.25, 0.3) is 5.69 Å². The highest BCUT2D eigenvalue weighted by Gasteiger charge is 2.12. The number of aliphatic imine (C=N–C) groups is 1. The number of aryl methyl sites for hydroxylation is 1. The smallest absolute Gasteiger partial charge is 0.338 e. The maximum Gasteiger partial charge on any atom is 0.338 e. The van der Waals surface area contributed by atoms with E-state index in [1.165, 1.54) is 0 Å². The van der Waals surface area contributed by atoms with Gasteiger partial charge in [0.05, 0.1) is 12.2 Å². The maximum absolute atomic E-state index is 12.0. The highest BCUT2D eigenvalue weighted by atomic mass is 16.5. The zero-order chi connectivity index (χ0) is 19.4. The molecule has 1 heterocycles. The monoisotopic (exact) mass is 362 g/mol. The molecule has 1 aromatic heterocycles. The maximum atomic E-state index is 12.0. The molecule has 5 heteroatoms. The number of nitrogens with zero attached hydrogens (tertiary/aromatic N) is 2. The Labute approximate surface area is 158 Å². The molecule has 0 atom stereocenters. The van der Waals surface area contributed by atoms with Crippen molar-refractivity contribution in [1.29, 1.82) is 0 Å². The number of benzene rings is 2. The van der Waals surface area contributed by atoms with E-state index in [1.807, 2.05) is 44.2 Å². The van der Waals surface area contributed by atoms with Crippen molar-refractivity contribution in [1.82, 2.24) is 4.57 Å². The second kappa shape index (κ2) is 7.91. The Kier molecular flexibility index (Phi) is 5.41. The van der Waals surface area contributed by atoms with Gasteiger partial charge in [0.25, 0.3) is 0 Å². The first-order valence-corrected chi connectivity index (χ1v) is 8.80. The molecule has 0 aliphatic heterocycles. The van der Waals surface area contributed by atoms with E-state index in [-0.39, 0.29) is 11.7 Å². The fourth-order valence-electron chi connectivity index (χ4n) is 3.01. The van der Waals surface area contributed by atoms with Crippen molar-refractivity contribution in [2.45, 2.75) is 20.8 Å². The van der Waals surface area contributed by atoms with Crippen LogP contribution in [0, 0.1) is 13.8 Å². The number of aromatic hydroxyl groups is 1. The second-order valence-corrected chi connectivity index (χ2v) is 6.18. The van der Waals surface area contributed by atoms with Gasteiger partial charge in [-0.15, -0.1) is 0 Å². The van der Waals surface area contributed by atoms with Crippen molar-refractivity contribution in [3.05, 3.63) is 77.1 Å². The van der Waals surface area contributed by atoms with Crippen LogP contribution >= 0.6 is 0 Å². The Hall–Kier alpha value is -3.34. The number of para-hydroxylation sites is 2. The van der Waals surface area contributed by atoms with E-state index in [0.717, 1.165) is 22.6 Å². The van der Waals surface area contributed by atoms with Gasteiger partial charge >= 0.3 is 5.97 Å². The summed E-state index contributed by atoms with van der Waals surface area (Å²) < 4.78 is 7.15. The van der Waals surface area contributed by atoms with Gasteiger partial charge in [0.2, 0.25) is 0 Å². The molecule has 5 nitrogen and oxygen atoms in total. The largest absolute Gasteiger partial charge is 0.506 e. The van der Waals surface area contributed by atoms with E-state index in [1.54, 1.807) is 37.4 Å². The molecule has 138 valence electrons. The van der Waals surface area contributed by atoms with Crippen molar-refractivity contribution in [3.8, 4) is 11.4 Å². The van der Waals surface area contributed by atoms with Gasteiger partial charge in [-0.05, 0) is 57.2 Å². The molecule has 3 rings (SSSR count). The summed E-state index contributed by atoms with van der Waals surface area (Å²) in [5.74, 6) is -0.187. The minimum absolute atomic E-state index is 0.143. The molecule has 0 fully saturated rings. The van der Waals surface area contributed by atoms with Gasteiger partial charge in [-0.1, -0.05) is 18.2 Å². The number of rotatable bonds is 5. The van der Waals surface area contributed by atoms with E-state index >= 15 is 0 Å². The molecule has 0 amide bonds. The van der Waals surface area contributed by atoms with Crippen molar-refractivity contribution >= 4 is 17.9 Å². The molecule has 0 aliphatic rings. The molecule has 0 bridgehead atoms. The van der Waals surface area contributed by atoms with Crippen LogP contribution in [0.5, 0.6) is 5.75 Å². The quantitative estimate of drug-likeness (QED) is 0.527. The lowest BCUT2D eigenvalue weighted by molar-refractivity contribution is 0.0526. The number of hydrogen-bond donors (Lipinski definition) is 1. The van der Waals surface area contributed by atoms with Crippen LogP contribution in [0.15, 0.2) is 59.6 Å². The highest BCUT2D eigenvalue weighted by Crippen LogP contribution is 2.26. The van der Waals surface area contributed by atoms with Crippen molar-refractivity contribution < 1.29 is 14.6 Å². The number of phenols is 1. The number of phenolic OH excluding ortho intramolecular Hbond substituents is 1. The lowest BCUT2D eigenvalue weighted by Gasteiger charge is -2.11. The van der Waals surface area contributed by atoms with Crippen LogP contribution in [-0.4, -0.2) is 28.5 Å². The molecule has 0 aliphatic carbocycles. The fourth-order valence-corrected chi connectivity index (χ4v) is 3.01. The average Bonchev–Trinajstić information content (AvgIpc) is 2.95. The van der Waals surface area contributed by atoms with Crippen LogP contribution in [0.3, 0.4) is 0 Å². The third-order valence-corrected chi connectivity index (χ3v) is 4.31. The van der Waals surface area contributed by atoms with Crippen LogP contribution in [-0.2, 0) is 4.74 Å². The minimum Gasteiger partial charge on any atom is -0.506 e. The van der Waals surface area contributed by atoms with Crippen LogP contribution in [0.2, 0.25) is 0 Å². The third-order valence-electron chi connectivity index (χ3n) is 4.31. The predicted molar refractivity (Wildman–Crippen MR) is 107 cm³/mol. The Bertz CT molecular complexity index is 1000. The van der Waals surface area contributed by atoms with Crippen molar-refractivity contribution in [2.24, 2.45) is 4.99 Å². The zero-order valence-electron chi connectivity index (χ0n) is 15.6. The Balaban J connectivity index is 1.96. The van der Waals surface area contributed by atoms with Crippen molar-refractivity contribution in [2.75, 3.05) is 6.61 Å². The Morgan fingerprint density at radius 3 is 2.67 bits per heavy atom. The summed E-state index contributed by atoms with van der Waals surface area (Å²) in [6, 6.07) is 16.3. The molecule has 0 unspecified atom stereocenters. The number of esters is 1. The second-order valence-electron chi connectivity index (χ2n) is 6.18. The van der Waals surface area contributed by atoms with E-state index in [4.69, 9.17) is 4.74 Å². The number of hydrogen-bond acceptors (Lipinski definition) is 4. The summed E-state index contributed by atoms with van der Waals surface area (Å²) >= 11 is 0. The first-order chi connectivity index (χ1) is 13.0. The molecular weight excluding hydrogens is 340 g/mol. The lowest BCUT2D eigenvalue weighted by atomic mass is 10.2. The van der Waals surface area contributed by atoms with Crippen LogP contribution in [0.1, 0.15) is 34.2 Å². The molecule has 0 spiro atoms. The van der Waals surface area contributed by atoms with E-state index in [0.29, 0.717) is 17.9 Å². The molecule has 0 radical (unpaired) electrons. The van der Waals surface area contributed by atoms with Crippen molar-refractivity contribution in [3.63, 3.8) is 0 Å². The summed E-state index contributed by atoms with van der Waals surface area (Å²) in [5.41, 5.74) is 4.88. The average molecular weight is 362 g/mol. The number of carbonyl (C=O) groups excluding carboxylic acids is 1. The topological polar surface area (TPSA) is 63.8 Å². The number of ether oxygens (including phenoxy) is 1. The zero-order valence-corrected chi connectivity index (χ0v) is 15.6. The lowest BCUT2D eigenvalue weighted by Crippen LogP contribution is -2.06. The van der Waals surface area contributed by atoms with Gasteiger partial charge < -0.3 is 14.4 Å². The first kappa shape index (κ1) is 18.5. The predicted octanol–water partition coefficient (Wildman–Crippen LogP) is 4.73. The molecular formula is C22H22N2O3. The van der Waals surface area contributed by atoms with Crippen LogP contribution < -0.4 is 0 Å². The fraction of sp³-hybridized carbons (Fsp3) is 0.182. The van der Waals surface area contributed by atoms with Gasteiger partial charge in [0, 0.05) is 28.9 Å². The standard InChI is InChI=1S/C22H22N2O3/c1-4-27-22(26)17-8-7-9-19(13-17)24-15(2)12-18(16(24)3)14-23-20-10-5-6-11-21(20)25/h5-14,25H,4H2,1-3H3. The molecule has 27 heavy (non-hydrogen) atoms. The minimum atomic E-state index is -0.330. The molecule has 2 aromatic carbocycles. The molecule has 1 N–H and O–H groups in total. The van der Waals surface area contributed by atoms with Gasteiger partial charge in [0.15, 0.2) is 0 Å². The summed E-state index contributed by atoms with van der Waals surface area (Å²) in [5, 5.41) is 9.86. The van der Waals surface area contributed by atoms with Gasteiger partial charge in [0.1, 0.15) is 11.4 Å². The first-order valence-electron chi connectivity index (χ1n) is 8.80. The Morgan fingerprint density at radius 1 is 1.15 bits per heavy atom.